The van der Waals surface area contributed by atoms with Crippen molar-refractivity contribution in [1.29, 1.82) is 0 Å². The summed E-state index contributed by atoms with van der Waals surface area (Å²) in [4.78, 5) is 13.4. The second-order valence-corrected chi connectivity index (χ2v) is 3.74. The molecular weight excluding hydrogens is 248 g/mol. The van der Waals surface area contributed by atoms with Gasteiger partial charge in [-0.15, -0.1) is 0 Å². The number of methoxy groups -OCH3 is 1. The van der Waals surface area contributed by atoms with Crippen molar-refractivity contribution in [2.45, 2.75) is 6.92 Å². The number of nitrogens with one attached hydrogen (secondary N) is 1. The number of hydrogen-bond acceptors (Lipinski definition) is 4. The number of anilines is 1. The van der Waals surface area contributed by atoms with Crippen LogP contribution in [0.25, 0.3) is 0 Å². The first-order chi connectivity index (χ1) is 9.12. The Balaban J connectivity index is 2.77. The third-order valence-electron chi connectivity index (χ3n) is 2.50. The van der Waals surface area contributed by atoms with E-state index in [1.54, 1.807) is 25.1 Å². The van der Waals surface area contributed by atoms with Gasteiger partial charge in [-0.2, -0.15) is 0 Å². The lowest BCUT2D eigenvalue weighted by atomic mass is 10.3. The summed E-state index contributed by atoms with van der Waals surface area (Å²) >= 11 is 0. The van der Waals surface area contributed by atoms with Crippen molar-refractivity contribution in [3.8, 4) is 5.75 Å². The number of carbonyl (C=O) groups excluding carboxylic acids is 1. The number of oxime groups is 1. The van der Waals surface area contributed by atoms with E-state index in [1.807, 2.05) is 6.07 Å². The number of carbonyl (C=O) groups is 1. The number of amidine groups is 1. The molecule has 4 N–H and O–H groups in total. The van der Waals surface area contributed by atoms with Gasteiger partial charge in [-0.3, -0.25) is 0 Å². The van der Waals surface area contributed by atoms with E-state index < -0.39 is 0 Å². The van der Waals surface area contributed by atoms with E-state index in [4.69, 9.17) is 15.7 Å². The summed E-state index contributed by atoms with van der Waals surface area (Å²) in [6.45, 7) is 2.28. The summed E-state index contributed by atoms with van der Waals surface area (Å²) in [6.07, 6.45) is 0. The van der Waals surface area contributed by atoms with E-state index in [-0.39, 0.29) is 18.4 Å². The molecule has 7 nitrogen and oxygen atoms in total. The van der Waals surface area contributed by atoms with Crippen LogP contribution in [0.1, 0.15) is 6.92 Å². The van der Waals surface area contributed by atoms with Crippen molar-refractivity contribution < 1.29 is 14.7 Å². The Labute approximate surface area is 111 Å². The Bertz CT molecular complexity index is 462. The van der Waals surface area contributed by atoms with Gasteiger partial charge in [-0.1, -0.05) is 17.3 Å². The molecule has 0 bridgehead atoms. The van der Waals surface area contributed by atoms with Gasteiger partial charge in [0.2, 0.25) is 0 Å². The summed E-state index contributed by atoms with van der Waals surface area (Å²) in [7, 11) is 1.53. The lowest BCUT2D eigenvalue weighted by molar-refractivity contribution is 0.220. The highest BCUT2D eigenvalue weighted by molar-refractivity contribution is 5.94. The number of urea groups is 1. The Kier molecular flexibility index (Phi) is 5.46. The van der Waals surface area contributed by atoms with Crippen LogP contribution in [0.5, 0.6) is 5.75 Å². The largest absolute Gasteiger partial charge is 0.495 e. The average Bonchev–Trinajstić information content (AvgIpc) is 2.44. The number of ether oxygens (including phenoxy) is 1. The zero-order chi connectivity index (χ0) is 14.3. The molecule has 0 aliphatic heterocycles. The quantitative estimate of drug-likeness (QED) is 0.323. The Morgan fingerprint density at radius 3 is 2.79 bits per heavy atom. The standard InChI is InChI=1S/C12H18N4O3/c1-3-16(8-11(13)15-18)12(17)14-9-6-4-5-7-10(9)19-2/h4-7,18H,3,8H2,1-2H3,(H2,13,15)(H,14,17). The minimum atomic E-state index is -0.349. The number of rotatable bonds is 5. The van der Waals surface area contributed by atoms with Crippen molar-refractivity contribution in [2.75, 3.05) is 25.5 Å². The third-order valence-corrected chi connectivity index (χ3v) is 2.50. The van der Waals surface area contributed by atoms with Gasteiger partial charge in [0.05, 0.1) is 19.3 Å². The van der Waals surface area contributed by atoms with Gasteiger partial charge in [0, 0.05) is 6.54 Å². The summed E-state index contributed by atoms with van der Waals surface area (Å²) in [6, 6.07) is 6.72. The fourth-order valence-electron chi connectivity index (χ4n) is 1.50. The van der Waals surface area contributed by atoms with Gasteiger partial charge >= 0.3 is 6.03 Å². The van der Waals surface area contributed by atoms with Gasteiger partial charge in [0.15, 0.2) is 5.84 Å². The topological polar surface area (TPSA) is 100 Å². The molecule has 0 unspecified atom stereocenters. The monoisotopic (exact) mass is 266 g/mol. The maximum atomic E-state index is 12.0. The summed E-state index contributed by atoms with van der Waals surface area (Å²) in [5.41, 5.74) is 5.95. The second kappa shape index (κ2) is 7.10. The number of hydrogen-bond donors (Lipinski definition) is 3. The minimum Gasteiger partial charge on any atom is -0.495 e. The van der Waals surface area contributed by atoms with E-state index in [1.165, 1.54) is 12.0 Å². The number of benzene rings is 1. The molecule has 1 aromatic rings. The first kappa shape index (κ1) is 14.6. The maximum Gasteiger partial charge on any atom is 0.322 e. The zero-order valence-corrected chi connectivity index (χ0v) is 11.0. The Hall–Kier alpha value is -2.44. The van der Waals surface area contributed by atoms with E-state index >= 15 is 0 Å². The van der Waals surface area contributed by atoms with Crippen LogP contribution in [0.15, 0.2) is 29.4 Å². The van der Waals surface area contributed by atoms with Gasteiger partial charge in [-0.25, -0.2) is 4.79 Å². The lowest BCUT2D eigenvalue weighted by Gasteiger charge is -2.21. The summed E-state index contributed by atoms with van der Waals surface area (Å²) < 4.78 is 5.14. The highest BCUT2D eigenvalue weighted by Crippen LogP contribution is 2.23. The third kappa shape index (κ3) is 4.06. The normalized spacial score (nSPS) is 10.9. The number of amides is 2. The fraction of sp³-hybridized carbons (Fsp3) is 0.333. The molecule has 0 saturated carbocycles. The highest BCUT2D eigenvalue weighted by Gasteiger charge is 2.14. The van der Waals surface area contributed by atoms with E-state index in [2.05, 4.69) is 10.5 Å². The number of nitrogens with zero attached hydrogens (tertiary/aromatic N) is 2. The molecule has 104 valence electrons. The average molecular weight is 266 g/mol. The molecule has 0 spiro atoms. The minimum absolute atomic E-state index is 0.0305. The predicted molar refractivity (Wildman–Crippen MR) is 72.7 cm³/mol. The van der Waals surface area contributed by atoms with Gasteiger partial charge in [-0.05, 0) is 19.1 Å². The van der Waals surface area contributed by atoms with Crippen LogP contribution in [-0.4, -0.2) is 42.2 Å². The van der Waals surface area contributed by atoms with Crippen LogP contribution in [0.4, 0.5) is 10.5 Å². The molecule has 19 heavy (non-hydrogen) atoms. The van der Waals surface area contributed by atoms with Crippen LogP contribution in [0.3, 0.4) is 0 Å². The molecule has 1 aromatic carbocycles. The number of nitrogens with two attached hydrogens (primary N) is 1. The summed E-state index contributed by atoms with van der Waals surface area (Å²) in [5, 5.41) is 14.1. The molecule has 1 rings (SSSR count). The number of likely N-dealkylation sites (N-methyl/N-ethyl adjacent to an activating group) is 1. The van der Waals surface area contributed by atoms with Crippen molar-refractivity contribution in [1.82, 2.24) is 4.90 Å². The van der Waals surface area contributed by atoms with E-state index in [0.29, 0.717) is 18.0 Å². The summed E-state index contributed by atoms with van der Waals surface area (Å²) in [5.74, 6) is 0.535. The van der Waals surface area contributed by atoms with Gasteiger partial charge in [0.1, 0.15) is 5.75 Å². The molecule has 0 atom stereocenters. The lowest BCUT2D eigenvalue weighted by Crippen LogP contribution is -2.40. The highest BCUT2D eigenvalue weighted by atomic mass is 16.5. The van der Waals surface area contributed by atoms with Crippen molar-refractivity contribution in [2.24, 2.45) is 10.9 Å². The van der Waals surface area contributed by atoms with Gasteiger partial charge in [0.25, 0.3) is 0 Å². The molecule has 7 heteroatoms. The Morgan fingerprint density at radius 2 is 2.21 bits per heavy atom. The molecule has 0 aliphatic rings. The molecule has 0 saturated heterocycles. The predicted octanol–water partition coefficient (Wildman–Crippen LogP) is 1.30. The van der Waals surface area contributed by atoms with Gasteiger partial charge < -0.3 is 25.9 Å². The number of para-hydroxylation sites is 2. The van der Waals surface area contributed by atoms with E-state index in [0.717, 1.165) is 0 Å². The molecular formula is C12H18N4O3. The van der Waals surface area contributed by atoms with Crippen molar-refractivity contribution >= 4 is 17.6 Å². The Morgan fingerprint density at radius 1 is 1.53 bits per heavy atom. The van der Waals surface area contributed by atoms with Crippen molar-refractivity contribution in [3.05, 3.63) is 24.3 Å². The van der Waals surface area contributed by atoms with Crippen molar-refractivity contribution in [3.63, 3.8) is 0 Å². The smallest absolute Gasteiger partial charge is 0.322 e. The molecule has 0 heterocycles. The maximum absolute atomic E-state index is 12.0. The molecule has 0 aliphatic carbocycles. The van der Waals surface area contributed by atoms with E-state index in [9.17, 15) is 4.79 Å². The van der Waals surface area contributed by atoms with Crippen LogP contribution in [0, 0.1) is 0 Å². The SMILES string of the molecule is CCN(CC(N)=NO)C(=O)Nc1ccccc1OC. The van der Waals surface area contributed by atoms with Crippen LogP contribution in [0.2, 0.25) is 0 Å². The van der Waals surface area contributed by atoms with Crippen LogP contribution < -0.4 is 15.8 Å². The van der Waals surface area contributed by atoms with Crippen LogP contribution >= 0.6 is 0 Å². The molecule has 2 amide bonds. The first-order valence-electron chi connectivity index (χ1n) is 5.77. The van der Waals surface area contributed by atoms with Crippen LogP contribution in [-0.2, 0) is 0 Å². The first-order valence-corrected chi connectivity index (χ1v) is 5.77. The molecule has 0 radical (unpaired) electrons. The second-order valence-electron chi connectivity index (χ2n) is 3.74. The molecule has 0 aromatic heterocycles. The molecule has 0 fully saturated rings. The zero-order valence-electron chi connectivity index (χ0n) is 11.0. The fourth-order valence-corrected chi connectivity index (χ4v) is 1.50.